The number of carbonyl (C=O) groups is 3. The first-order chi connectivity index (χ1) is 14.6. The second-order valence-electron chi connectivity index (χ2n) is 8.61. The van der Waals surface area contributed by atoms with Crippen LogP contribution in [0.5, 0.6) is 0 Å². The van der Waals surface area contributed by atoms with Crippen molar-refractivity contribution in [3.8, 4) is 0 Å². The smallest absolute Gasteiger partial charge is 0.412 e. The van der Waals surface area contributed by atoms with Gasteiger partial charge in [-0.1, -0.05) is 48.6 Å². The van der Waals surface area contributed by atoms with Gasteiger partial charge < -0.3 is 14.2 Å². The summed E-state index contributed by atoms with van der Waals surface area (Å²) in [5.41, 5.74) is -0.245. The second kappa shape index (κ2) is 8.57. The summed E-state index contributed by atoms with van der Waals surface area (Å²) < 4.78 is 15.9. The van der Waals surface area contributed by atoms with Gasteiger partial charge in [0.15, 0.2) is 6.10 Å². The number of esters is 2. The van der Waals surface area contributed by atoms with Crippen LogP contribution >= 0.6 is 0 Å². The molecule has 1 aromatic rings. The van der Waals surface area contributed by atoms with Crippen molar-refractivity contribution in [1.29, 1.82) is 0 Å². The number of carbonyl (C=O) groups excluding carboxylic acids is 3. The van der Waals surface area contributed by atoms with Crippen LogP contribution in [0.3, 0.4) is 0 Å². The van der Waals surface area contributed by atoms with Gasteiger partial charge in [-0.15, -0.1) is 0 Å². The fraction of sp³-hybridized carbons (Fsp3) is 0.458. The SMILES string of the molecule is CCOC(=O)[C@H](C)OC(=O)C1=CC[C@]2(c3ccccc3)C=C[C@H]1N2C(=O)OC(C)(C)C. The van der Waals surface area contributed by atoms with Crippen LogP contribution in [0, 0.1) is 0 Å². The molecule has 1 amide bonds. The van der Waals surface area contributed by atoms with Crippen molar-refractivity contribution in [3.05, 3.63) is 59.7 Å². The van der Waals surface area contributed by atoms with Gasteiger partial charge in [0.25, 0.3) is 0 Å². The van der Waals surface area contributed by atoms with E-state index < -0.39 is 41.3 Å². The molecule has 0 spiro atoms. The highest BCUT2D eigenvalue weighted by molar-refractivity contribution is 5.94. The number of hydrogen-bond acceptors (Lipinski definition) is 6. The molecule has 2 bridgehead atoms. The molecule has 0 saturated heterocycles. The third-order valence-electron chi connectivity index (χ3n) is 5.22. The highest BCUT2D eigenvalue weighted by Gasteiger charge is 2.52. The average molecular weight is 427 g/mol. The molecule has 0 N–H and O–H groups in total. The predicted molar refractivity (Wildman–Crippen MR) is 114 cm³/mol. The van der Waals surface area contributed by atoms with Crippen LogP contribution in [-0.2, 0) is 29.3 Å². The standard InChI is InChI=1S/C24H29NO6/c1-6-29-20(26)16(2)30-21(27)18-12-14-24(17-10-8-7-9-11-17)15-13-19(18)25(24)22(28)31-23(3,4)5/h7-13,15-16,19H,6,14H2,1-5H3/t16-,19+,24+/m0/s1. The van der Waals surface area contributed by atoms with E-state index in [2.05, 4.69) is 0 Å². The van der Waals surface area contributed by atoms with Crippen LogP contribution in [0.4, 0.5) is 4.79 Å². The maximum Gasteiger partial charge on any atom is 0.412 e. The molecule has 0 aliphatic carbocycles. The maximum absolute atomic E-state index is 13.2. The van der Waals surface area contributed by atoms with E-state index in [-0.39, 0.29) is 6.61 Å². The molecule has 7 nitrogen and oxygen atoms in total. The summed E-state index contributed by atoms with van der Waals surface area (Å²) in [5.74, 6) is -1.27. The van der Waals surface area contributed by atoms with E-state index in [0.29, 0.717) is 12.0 Å². The number of ether oxygens (including phenoxy) is 3. The molecule has 2 aliphatic rings. The molecule has 166 valence electrons. The highest BCUT2D eigenvalue weighted by atomic mass is 16.6. The maximum atomic E-state index is 13.2. The van der Waals surface area contributed by atoms with Crippen molar-refractivity contribution in [3.63, 3.8) is 0 Å². The quantitative estimate of drug-likeness (QED) is 0.403. The first-order valence-corrected chi connectivity index (χ1v) is 10.4. The lowest BCUT2D eigenvalue weighted by Crippen LogP contribution is -2.54. The van der Waals surface area contributed by atoms with Gasteiger partial charge in [0.05, 0.1) is 23.8 Å². The Hall–Kier alpha value is -3.09. The molecule has 7 heteroatoms. The van der Waals surface area contributed by atoms with E-state index in [1.807, 2.05) is 42.5 Å². The van der Waals surface area contributed by atoms with Gasteiger partial charge in [0, 0.05) is 0 Å². The van der Waals surface area contributed by atoms with Gasteiger partial charge in [-0.25, -0.2) is 14.4 Å². The van der Waals surface area contributed by atoms with Crippen LogP contribution in [0.15, 0.2) is 54.1 Å². The summed E-state index contributed by atoms with van der Waals surface area (Å²) in [6, 6.07) is 8.96. The number of nitrogens with zero attached hydrogens (tertiary/aromatic N) is 1. The molecule has 0 saturated carbocycles. The van der Waals surface area contributed by atoms with E-state index >= 15 is 0 Å². The van der Waals surface area contributed by atoms with Gasteiger partial charge in [0.2, 0.25) is 0 Å². The van der Waals surface area contributed by atoms with Crippen LogP contribution < -0.4 is 0 Å². The van der Waals surface area contributed by atoms with Gasteiger partial charge in [-0.05, 0) is 46.6 Å². The lowest BCUT2D eigenvalue weighted by molar-refractivity contribution is -0.164. The number of rotatable bonds is 5. The first kappa shape index (κ1) is 22.6. The van der Waals surface area contributed by atoms with Gasteiger partial charge in [-0.3, -0.25) is 4.90 Å². The minimum Gasteiger partial charge on any atom is -0.463 e. The molecule has 31 heavy (non-hydrogen) atoms. The molecule has 0 aromatic heterocycles. The van der Waals surface area contributed by atoms with Crippen LogP contribution in [-0.4, -0.2) is 47.3 Å². The number of amides is 1. The predicted octanol–water partition coefficient (Wildman–Crippen LogP) is 3.88. The first-order valence-electron chi connectivity index (χ1n) is 10.4. The zero-order valence-corrected chi connectivity index (χ0v) is 18.6. The van der Waals surface area contributed by atoms with E-state index in [4.69, 9.17) is 14.2 Å². The Kier molecular flexibility index (Phi) is 6.25. The zero-order chi connectivity index (χ0) is 22.8. The highest BCUT2D eigenvalue weighted by Crippen LogP contribution is 2.46. The van der Waals surface area contributed by atoms with Gasteiger partial charge >= 0.3 is 18.0 Å². The van der Waals surface area contributed by atoms with E-state index in [9.17, 15) is 14.4 Å². The summed E-state index contributed by atoms with van der Waals surface area (Å²) in [6.07, 6.45) is 4.33. The molecule has 2 aliphatic heterocycles. The minimum atomic E-state index is -1.05. The third kappa shape index (κ3) is 4.50. The number of fused-ring (bicyclic) bond motifs is 2. The van der Waals surface area contributed by atoms with Crippen LogP contribution in [0.1, 0.15) is 46.6 Å². The molecule has 0 unspecified atom stereocenters. The van der Waals surface area contributed by atoms with Crippen molar-refractivity contribution >= 4 is 18.0 Å². The van der Waals surface area contributed by atoms with Crippen molar-refractivity contribution in [2.45, 2.75) is 64.3 Å². The lowest BCUT2D eigenvalue weighted by Gasteiger charge is -2.44. The molecule has 0 fully saturated rings. The van der Waals surface area contributed by atoms with E-state index in [1.54, 1.807) is 38.7 Å². The molecule has 0 radical (unpaired) electrons. The van der Waals surface area contributed by atoms with Crippen molar-refractivity contribution in [1.82, 2.24) is 4.90 Å². The van der Waals surface area contributed by atoms with Crippen LogP contribution in [0.25, 0.3) is 0 Å². The topological polar surface area (TPSA) is 82.1 Å². The monoisotopic (exact) mass is 427 g/mol. The Morgan fingerprint density at radius 1 is 1.19 bits per heavy atom. The summed E-state index contributed by atoms with van der Waals surface area (Å²) in [5, 5.41) is 0. The molecular weight excluding hydrogens is 398 g/mol. The third-order valence-corrected chi connectivity index (χ3v) is 5.22. The Morgan fingerprint density at radius 3 is 2.48 bits per heavy atom. The molecular formula is C24H29NO6. The number of benzene rings is 1. The van der Waals surface area contributed by atoms with E-state index in [1.165, 1.54) is 6.92 Å². The van der Waals surface area contributed by atoms with Crippen molar-refractivity contribution < 1.29 is 28.6 Å². The normalized spacial score (nSPS) is 23.1. The Bertz CT molecular complexity index is 914. The van der Waals surface area contributed by atoms with Gasteiger partial charge in [-0.2, -0.15) is 0 Å². The van der Waals surface area contributed by atoms with Gasteiger partial charge in [0.1, 0.15) is 5.60 Å². The van der Waals surface area contributed by atoms with E-state index in [0.717, 1.165) is 5.56 Å². The average Bonchev–Trinajstić information content (AvgIpc) is 2.98. The fourth-order valence-corrected chi connectivity index (χ4v) is 3.87. The molecule has 3 rings (SSSR count). The second-order valence-corrected chi connectivity index (χ2v) is 8.61. The van der Waals surface area contributed by atoms with Crippen LogP contribution in [0.2, 0.25) is 0 Å². The lowest BCUT2D eigenvalue weighted by atomic mass is 9.83. The summed E-state index contributed by atoms with van der Waals surface area (Å²) >= 11 is 0. The molecule has 2 heterocycles. The minimum absolute atomic E-state index is 0.195. The molecule has 1 aromatic carbocycles. The Morgan fingerprint density at radius 2 is 1.87 bits per heavy atom. The zero-order valence-electron chi connectivity index (χ0n) is 18.6. The Labute approximate surface area is 182 Å². The largest absolute Gasteiger partial charge is 0.463 e. The van der Waals surface area contributed by atoms with Crippen molar-refractivity contribution in [2.24, 2.45) is 0 Å². The summed E-state index contributed by atoms with van der Waals surface area (Å²) in [7, 11) is 0. The van der Waals surface area contributed by atoms with Crippen molar-refractivity contribution in [2.75, 3.05) is 6.61 Å². The molecule has 3 atom stereocenters. The Balaban J connectivity index is 1.93. The summed E-state index contributed by atoms with van der Waals surface area (Å²) in [4.78, 5) is 39.6. The fourth-order valence-electron chi connectivity index (χ4n) is 3.87. The number of hydrogen-bond donors (Lipinski definition) is 0. The summed E-state index contributed by atoms with van der Waals surface area (Å²) in [6.45, 7) is 8.73.